The summed E-state index contributed by atoms with van der Waals surface area (Å²) in [7, 11) is 1.93. The molecule has 3 fully saturated rings. The van der Waals surface area contributed by atoms with Gasteiger partial charge in [-0.3, -0.25) is 0 Å². The predicted molar refractivity (Wildman–Crippen MR) is 71.2 cm³/mol. The second-order valence-corrected chi connectivity index (χ2v) is 10.2. The summed E-state index contributed by atoms with van der Waals surface area (Å²) in [5.74, 6) is 1.94. The Morgan fingerprint density at radius 1 is 0.882 bits per heavy atom. The quantitative estimate of drug-likeness (QED) is 0.709. The van der Waals surface area contributed by atoms with E-state index in [1.165, 1.54) is 51.4 Å². The van der Waals surface area contributed by atoms with E-state index in [4.69, 9.17) is 8.85 Å². The summed E-state index contributed by atoms with van der Waals surface area (Å²) < 4.78 is 12.2. The van der Waals surface area contributed by atoms with Crippen molar-refractivity contribution in [2.75, 3.05) is 14.2 Å². The fourth-order valence-electron chi connectivity index (χ4n) is 5.09. The zero-order valence-electron chi connectivity index (χ0n) is 11.3. The molecule has 0 N–H and O–H groups in total. The largest absolute Gasteiger partial charge is 0.397 e. The summed E-state index contributed by atoms with van der Waals surface area (Å²) in [4.78, 5) is 0. The van der Waals surface area contributed by atoms with E-state index in [1.807, 2.05) is 14.2 Å². The van der Waals surface area contributed by atoms with Crippen molar-refractivity contribution in [3.8, 4) is 0 Å². The summed E-state index contributed by atoms with van der Waals surface area (Å²) in [6, 6.07) is 0. The Morgan fingerprint density at radius 3 is 2.06 bits per heavy atom. The first-order valence-electron chi connectivity index (χ1n) is 7.40. The van der Waals surface area contributed by atoms with Crippen LogP contribution < -0.4 is 0 Å². The summed E-state index contributed by atoms with van der Waals surface area (Å²) in [6.45, 7) is 0. The van der Waals surface area contributed by atoms with Gasteiger partial charge in [-0.25, -0.2) is 0 Å². The molecule has 3 atom stereocenters. The molecular weight excluding hydrogens is 228 g/mol. The van der Waals surface area contributed by atoms with Crippen molar-refractivity contribution in [3.63, 3.8) is 0 Å². The average Bonchev–Trinajstić information content (AvgIpc) is 3.09. The highest BCUT2D eigenvalue weighted by Gasteiger charge is 2.58. The van der Waals surface area contributed by atoms with E-state index in [-0.39, 0.29) is 0 Å². The normalized spacial score (nSPS) is 38.1. The lowest BCUT2D eigenvalue weighted by Crippen LogP contribution is -2.50. The van der Waals surface area contributed by atoms with Crippen LogP contribution >= 0.6 is 0 Å². The van der Waals surface area contributed by atoms with E-state index in [0.717, 1.165) is 22.9 Å². The molecule has 0 spiro atoms. The second kappa shape index (κ2) is 4.67. The Labute approximate surface area is 106 Å². The fourth-order valence-corrected chi connectivity index (χ4v) is 9.97. The third-order valence-corrected chi connectivity index (χ3v) is 10.5. The van der Waals surface area contributed by atoms with Gasteiger partial charge in [0.1, 0.15) is 0 Å². The molecule has 3 heteroatoms. The Balaban J connectivity index is 1.83. The van der Waals surface area contributed by atoms with Gasteiger partial charge in [0.05, 0.1) is 0 Å². The molecule has 0 aromatic carbocycles. The molecule has 0 aromatic rings. The highest BCUT2D eigenvalue weighted by atomic mass is 28.4. The molecule has 3 unspecified atom stereocenters. The molecule has 0 saturated heterocycles. The van der Waals surface area contributed by atoms with Crippen LogP contribution in [0.4, 0.5) is 0 Å². The smallest absolute Gasteiger partial charge is 0.344 e. The van der Waals surface area contributed by atoms with Gasteiger partial charge in [-0.1, -0.05) is 25.7 Å². The summed E-state index contributed by atoms with van der Waals surface area (Å²) >= 11 is 0. The first kappa shape index (κ1) is 12.2. The molecule has 98 valence electrons. The number of hydrogen-bond donors (Lipinski definition) is 0. The monoisotopic (exact) mass is 254 g/mol. The molecule has 17 heavy (non-hydrogen) atoms. The van der Waals surface area contributed by atoms with Crippen LogP contribution in [0.3, 0.4) is 0 Å². The second-order valence-electron chi connectivity index (χ2n) is 6.39. The van der Waals surface area contributed by atoms with Gasteiger partial charge >= 0.3 is 8.56 Å². The minimum atomic E-state index is -1.93. The van der Waals surface area contributed by atoms with Crippen molar-refractivity contribution in [2.45, 2.75) is 62.4 Å². The third-order valence-electron chi connectivity index (χ3n) is 5.82. The van der Waals surface area contributed by atoms with E-state index < -0.39 is 8.56 Å². The molecular formula is C14H26O2Si. The molecule has 2 bridgehead atoms. The topological polar surface area (TPSA) is 18.5 Å². The lowest BCUT2D eigenvalue weighted by atomic mass is 10.0. The van der Waals surface area contributed by atoms with Crippen molar-refractivity contribution in [1.82, 2.24) is 0 Å². The van der Waals surface area contributed by atoms with Gasteiger partial charge in [-0.05, 0) is 37.5 Å². The minimum absolute atomic E-state index is 0.779. The van der Waals surface area contributed by atoms with E-state index >= 15 is 0 Å². The van der Waals surface area contributed by atoms with Gasteiger partial charge in [0.15, 0.2) is 0 Å². The van der Waals surface area contributed by atoms with E-state index in [0.29, 0.717) is 0 Å². The first-order valence-corrected chi connectivity index (χ1v) is 9.37. The summed E-state index contributed by atoms with van der Waals surface area (Å²) in [5.41, 5.74) is 1.58. The number of rotatable bonds is 4. The van der Waals surface area contributed by atoms with Crippen molar-refractivity contribution in [2.24, 2.45) is 11.8 Å². The summed E-state index contributed by atoms with van der Waals surface area (Å²) in [6.07, 6.45) is 11.3. The van der Waals surface area contributed by atoms with E-state index in [2.05, 4.69) is 0 Å². The Bertz CT molecular complexity index is 271. The SMILES string of the molecule is CO[Si](OC)(C1CCCC1)C1CC2CCC1C2. The van der Waals surface area contributed by atoms with Crippen LogP contribution in [-0.4, -0.2) is 22.8 Å². The Hall–Kier alpha value is 0.137. The lowest BCUT2D eigenvalue weighted by molar-refractivity contribution is 0.199. The number of hydrogen-bond acceptors (Lipinski definition) is 2. The zero-order chi connectivity index (χ0) is 11.9. The van der Waals surface area contributed by atoms with Gasteiger partial charge in [0.25, 0.3) is 0 Å². The standard InChI is InChI=1S/C14H26O2Si/c1-15-17(16-2,13-5-3-4-6-13)14-10-11-7-8-12(14)9-11/h11-14H,3-10H2,1-2H3. The van der Waals surface area contributed by atoms with Crippen LogP contribution in [0, 0.1) is 11.8 Å². The molecule has 0 aliphatic heterocycles. The third kappa shape index (κ3) is 1.82. The summed E-state index contributed by atoms with van der Waals surface area (Å²) in [5, 5.41) is 0. The van der Waals surface area contributed by atoms with Gasteiger partial charge in [-0.2, -0.15) is 0 Å². The highest BCUT2D eigenvalue weighted by Crippen LogP contribution is 2.59. The maximum atomic E-state index is 6.12. The van der Waals surface area contributed by atoms with Gasteiger partial charge < -0.3 is 8.85 Å². The zero-order valence-corrected chi connectivity index (χ0v) is 12.3. The van der Waals surface area contributed by atoms with Crippen LogP contribution in [-0.2, 0) is 8.85 Å². The van der Waals surface area contributed by atoms with Crippen molar-refractivity contribution in [1.29, 1.82) is 0 Å². The highest BCUT2D eigenvalue weighted by molar-refractivity contribution is 6.70. The van der Waals surface area contributed by atoms with Gasteiger partial charge in [0, 0.05) is 25.3 Å². The van der Waals surface area contributed by atoms with Crippen LogP contribution in [0.25, 0.3) is 0 Å². The average molecular weight is 254 g/mol. The Morgan fingerprint density at radius 2 is 1.59 bits per heavy atom. The molecule has 3 aliphatic rings. The molecule has 0 aromatic heterocycles. The maximum absolute atomic E-state index is 6.12. The molecule has 3 aliphatic carbocycles. The molecule has 2 nitrogen and oxygen atoms in total. The van der Waals surface area contributed by atoms with Gasteiger partial charge in [-0.15, -0.1) is 0 Å². The Kier molecular flexibility index (Phi) is 3.35. The van der Waals surface area contributed by atoms with Crippen LogP contribution in [0.2, 0.25) is 11.1 Å². The lowest BCUT2D eigenvalue weighted by Gasteiger charge is -2.41. The molecule has 3 rings (SSSR count). The fraction of sp³-hybridized carbons (Fsp3) is 1.00. The van der Waals surface area contributed by atoms with Crippen LogP contribution in [0.15, 0.2) is 0 Å². The number of fused-ring (bicyclic) bond motifs is 2. The molecule has 0 radical (unpaired) electrons. The predicted octanol–water partition coefficient (Wildman–Crippen LogP) is 3.86. The van der Waals surface area contributed by atoms with Gasteiger partial charge in [0.2, 0.25) is 0 Å². The van der Waals surface area contributed by atoms with Crippen LogP contribution in [0.1, 0.15) is 51.4 Å². The molecule has 3 saturated carbocycles. The molecule has 0 heterocycles. The maximum Gasteiger partial charge on any atom is 0.344 e. The van der Waals surface area contributed by atoms with Crippen LogP contribution in [0.5, 0.6) is 0 Å². The first-order chi connectivity index (χ1) is 8.30. The minimum Gasteiger partial charge on any atom is -0.397 e. The van der Waals surface area contributed by atoms with Crippen molar-refractivity contribution >= 4 is 8.56 Å². The molecule has 0 amide bonds. The van der Waals surface area contributed by atoms with Crippen molar-refractivity contribution in [3.05, 3.63) is 0 Å². The van der Waals surface area contributed by atoms with E-state index in [9.17, 15) is 0 Å². The van der Waals surface area contributed by atoms with E-state index in [1.54, 1.807) is 0 Å². The van der Waals surface area contributed by atoms with Crippen molar-refractivity contribution < 1.29 is 8.85 Å².